The zero-order valence-corrected chi connectivity index (χ0v) is 25.0. The topological polar surface area (TPSA) is 61.8 Å². The Bertz CT molecular complexity index is 1650. The molecule has 0 bridgehead atoms. The Morgan fingerprint density at radius 1 is 1.02 bits per heavy atom. The molecule has 2 amide bonds. The van der Waals surface area contributed by atoms with Crippen molar-refractivity contribution in [3.05, 3.63) is 111 Å². The molecule has 0 unspecified atom stereocenters. The van der Waals surface area contributed by atoms with Gasteiger partial charge in [-0.25, -0.2) is 4.99 Å². The van der Waals surface area contributed by atoms with Gasteiger partial charge >= 0.3 is 0 Å². The lowest BCUT2D eigenvalue weighted by Crippen LogP contribution is -2.29. The number of halogens is 1. The van der Waals surface area contributed by atoms with E-state index in [2.05, 4.69) is 26.1 Å². The average Bonchev–Trinajstić information content (AvgIpc) is 3.45. The van der Waals surface area contributed by atoms with E-state index in [0.29, 0.717) is 39.4 Å². The molecule has 2 heterocycles. The van der Waals surface area contributed by atoms with Crippen molar-refractivity contribution in [3.63, 3.8) is 0 Å². The summed E-state index contributed by atoms with van der Waals surface area (Å²) in [6, 6.07) is 24.8. The first-order chi connectivity index (χ1) is 19.7. The van der Waals surface area contributed by atoms with Gasteiger partial charge in [-0.2, -0.15) is 0 Å². The fourth-order valence-corrected chi connectivity index (χ4v) is 7.17. The molecule has 1 aliphatic heterocycles. The number of para-hydroxylation sites is 1. The molecule has 0 radical (unpaired) electrons. The van der Waals surface area contributed by atoms with Crippen molar-refractivity contribution < 1.29 is 9.59 Å². The van der Waals surface area contributed by atoms with Crippen molar-refractivity contribution >= 4 is 56.8 Å². The van der Waals surface area contributed by atoms with Crippen molar-refractivity contribution in [2.24, 2.45) is 16.3 Å². The third-order valence-electron chi connectivity index (χ3n) is 8.10. The van der Waals surface area contributed by atoms with Crippen LogP contribution in [-0.2, 0) is 24.2 Å². The minimum absolute atomic E-state index is 0.155. The van der Waals surface area contributed by atoms with Crippen LogP contribution in [0.15, 0.2) is 83.9 Å². The minimum atomic E-state index is -0.210. The highest BCUT2D eigenvalue weighted by Crippen LogP contribution is 2.46. The fraction of sp³-hybridized carbons (Fsp3) is 0.265. The van der Waals surface area contributed by atoms with E-state index in [-0.39, 0.29) is 17.2 Å². The molecule has 1 aliphatic carbocycles. The summed E-state index contributed by atoms with van der Waals surface area (Å²) in [5.74, 6) is 0.146. The highest BCUT2D eigenvalue weighted by Gasteiger charge is 2.37. The van der Waals surface area contributed by atoms with Crippen LogP contribution in [0.25, 0.3) is 0 Å². The van der Waals surface area contributed by atoms with Crippen molar-refractivity contribution in [1.29, 1.82) is 0 Å². The Labute approximate surface area is 249 Å². The molecule has 208 valence electrons. The van der Waals surface area contributed by atoms with Crippen molar-refractivity contribution in [2.75, 3.05) is 10.2 Å². The predicted octanol–water partition coefficient (Wildman–Crippen LogP) is 8.47. The Morgan fingerprint density at radius 3 is 2.46 bits per heavy atom. The number of amides is 2. The summed E-state index contributed by atoms with van der Waals surface area (Å²) in [6.07, 6.45) is 2.73. The number of thiophene rings is 1. The zero-order chi connectivity index (χ0) is 28.7. The molecular weight excluding hydrogens is 550 g/mol. The molecule has 0 saturated carbocycles. The number of nitrogens with zero attached hydrogens (tertiary/aromatic N) is 2. The van der Waals surface area contributed by atoms with Gasteiger partial charge in [-0.3, -0.25) is 9.59 Å². The second kappa shape index (κ2) is 10.9. The van der Waals surface area contributed by atoms with Gasteiger partial charge in [0.1, 0.15) is 10.7 Å². The number of rotatable bonds is 5. The Balaban J connectivity index is 1.42. The lowest BCUT2D eigenvalue weighted by molar-refractivity contribution is -0.112. The van der Waals surface area contributed by atoms with E-state index in [4.69, 9.17) is 16.6 Å². The Hall–Kier alpha value is -3.74. The van der Waals surface area contributed by atoms with E-state index in [0.717, 1.165) is 41.6 Å². The normalized spacial score (nSPS) is 17.5. The molecule has 0 saturated heterocycles. The smallest absolute Gasteiger partial charge is 0.277 e. The number of fused-ring (bicyclic) bond motifs is 2. The van der Waals surface area contributed by atoms with Gasteiger partial charge in [0.25, 0.3) is 11.8 Å². The lowest BCUT2D eigenvalue weighted by atomic mass is 9.72. The third-order valence-corrected chi connectivity index (χ3v) is 9.50. The number of aliphatic imine (C=N–C) groups is 1. The van der Waals surface area contributed by atoms with E-state index in [9.17, 15) is 9.59 Å². The molecule has 1 atom stereocenters. The minimum Gasteiger partial charge on any atom is -0.322 e. The van der Waals surface area contributed by atoms with E-state index in [1.807, 2.05) is 54.6 Å². The van der Waals surface area contributed by atoms with Crippen LogP contribution < -0.4 is 10.2 Å². The largest absolute Gasteiger partial charge is 0.322 e. The SMILES string of the molecule is CC(C)(C)[C@@H]1CCc2c(sc(N=C3C(=O)N(Cc4ccccc4)c4ccccc43)c2C(=O)Nc2ccc(Cl)cc2)C1. The van der Waals surface area contributed by atoms with E-state index >= 15 is 0 Å². The van der Waals surface area contributed by atoms with Crippen LogP contribution in [0.5, 0.6) is 0 Å². The average molecular weight is 582 g/mol. The Morgan fingerprint density at radius 2 is 1.73 bits per heavy atom. The summed E-state index contributed by atoms with van der Waals surface area (Å²) in [5.41, 5.74) is 5.50. The first-order valence-corrected chi connectivity index (χ1v) is 15.1. The molecule has 4 aromatic rings. The number of hydrogen-bond donors (Lipinski definition) is 1. The molecule has 2 aliphatic rings. The van der Waals surface area contributed by atoms with Gasteiger partial charge in [-0.1, -0.05) is 80.9 Å². The number of anilines is 2. The molecule has 0 fully saturated rings. The molecule has 41 heavy (non-hydrogen) atoms. The van der Waals surface area contributed by atoms with Gasteiger partial charge in [-0.15, -0.1) is 11.3 Å². The highest BCUT2D eigenvalue weighted by atomic mass is 35.5. The monoisotopic (exact) mass is 581 g/mol. The number of carbonyl (C=O) groups is 2. The zero-order valence-electron chi connectivity index (χ0n) is 23.4. The van der Waals surface area contributed by atoms with Crippen LogP contribution in [0, 0.1) is 11.3 Å². The van der Waals surface area contributed by atoms with Crippen LogP contribution in [0.3, 0.4) is 0 Å². The van der Waals surface area contributed by atoms with E-state index in [1.54, 1.807) is 40.5 Å². The van der Waals surface area contributed by atoms with Crippen LogP contribution in [-0.4, -0.2) is 17.5 Å². The summed E-state index contributed by atoms with van der Waals surface area (Å²) >= 11 is 7.62. The second-order valence-electron chi connectivity index (χ2n) is 11.8. The van der Waals surface area contributed by atoms with Gasteiger partial charge in [0, 0.05) is 21.2 Å². The first kappa shape index (κ1) is 27.4. The number of carbonyl (C=O) groups excluding carboxylic acids is 2. The molecule has 1 N–H and O–H groups in total. The maximum Gasteiger partial charge on any atom is 0.277 e. The number of hydrogen-bond acceptors (Lipinski definition) is 4. The quantitative estimate of drug-likeness (QED) is 0.257. The van der Waals surface area contributed by atoms with Crippen LogP contribution in [0.1, 0.15) is 59.1 Å². The molecule has 0 spiro atoms. The van der Waals surface area contributed by atoms with Crippen molar-refractivity contribution in [3.8, 4) is 0 Å². The van der Waals surface area contributed by atoms with Crippen LogP contribution in [0.4, 0.5) is 16.4 Å². The van der Waals surface area contributed by atoms with Gasteiger partial charge in [0.15, 0.2) is 0 Å². The number of benzene rings is 3. The third kappa shape index (κ3) is 5.46. The van der Waals surface area contributed by atoms with Crippen LogP contribution in [0.2, 0.25) is 5.02 Å². The van der Waals surface area contributed by atoms with Crippen molar-refractivity contribution in [1.82, 2.24) is 0 Å². The number of nitrogens with one attached hydrogen (secondary N) is 1. The summed E-state index contributed by atoms with van der Waals surface area (Å²) in [5, 5.41) is 4.24. The molecule has 7 heteroatoms. The van der Waals surface area contributed by atoms with Gasteiger partial charge in [0.2, 0.25) is 0 Å². The molecule has 1 aromatic heterocycles. The Kier molecular flexibility index (Phi) is 7.30. The lowest BCUT2D eigenvalue weighted by Gasteiger charge is -2.33. The summed E-state index contributed by atoms with van der Waals surface area (Å²) in [7, 11) is 0. The van der Waals surface area contributed by atoms with E-state index in [1.165, 1.54) is 4.88 Å². The van der Waals surface area contributed by atoms with Crippen molar-refractivity contribution in [2.45, 2.75) is 46.6 Å². The standard InChI is InChI=1S/C34H32ClN3O2S/c1-34(2,3)22-13-18-26-28(19-22)41-32(29(26)31(39)36-24-16-14-23(35)15-17-24)37-30-25-11-7-8-12-27(25)38(33(30)40)20-21-9-5-4-6-10-21/h4-12,14-17,22H,13,18-20H2,1-3H3,(H,36,39)/t22-/m1/s1. The molecular formula is C34H32ClN3O2S. The van der Waals surface area contributed by atoms with Gasteiger partial charge in [-0.05, 0) is 72.1 Å². The van der Waals surface area contributed by atoms with Gasteiger partial charge < -0.3 is 10.2 Å². The molecule has 6 rings (SSSR count). The van der Waals surface area contributed by atoms with E-state index < -0.39 is 0 Å². The van der Waals surface area contributed by atoms with Gasteiger partial charge in [0.05, 0.1) is 17.8 Å². The molecule has 3 aromatic carbocycles. The maximum absolute atomic E-state index is 13.9. The summed E-state index contributed by atoms with van der Waals surface area (Å²) in [6.45, 7) is 7.29. The van der Waals surface area contributed by atoms with Crippen LogP contribution >= 0.6 is 22.9 Å². The summed E-state index contributed by atoms with van der Waals surface area (Å²) < 4.78 is 0. The second-order valence-corrected chi connectivity index (χ2v) is 13.3. The summed E-state index contributed by atoms with van der Waals surface area (Å²) in [4.78, 5) is 35.7. The highest BCUT2D eigenvalue weighted by molar-refractivity contribution is 7.16. The predicted molar refractivity (Wildman–Crippen MR) is 169 cm³/mol. The molecule has 5 nitrogen and oxygen atoms in total. The maximum atomic E-state index is 13.9. The fourth-order valence-electron chi connectivity index (χ4n) is 5.74. The first-order valence-electron chi connectivity index (χ1n) is 13.9.